The Morgan fingerprint density at radius 3 is 2.46 bits per heavy atom. The molecule has 9 heteroatoms. The second-order valence-corrected chi connectivity index (χ2v) is 5.89. The van der Waals surface area contributed by atoms with Crippen molar-refractivity contribution in [1.29, 1.82) is 0 Å². The number of halogens is 4. The monoisotopic (exact) mass is 393 g/mol. The van der Waals surface area contributed by atoms with Gasteiger partial charge in [0.15, 0.2) is 6.61 Å². The number of carbonyl (C=O) groups excluding carboxylic acids is 1. The number of nitrogens with zero attached hydrogens (tertiary/aromatic N) is 2. The number of carbonyl (C=O) groups is 1. The molecule has 3 aromatic rings. The van der Waals surface area contributed by atoms with Gasteiger partial charge in [-0.15, -0.1) is 0 Å². The lowest BCUT2D eigenvalue weighted by molar-refractivity contribution is -0.153. The van der Waals surface area contributed by atoms with Crippen LogP contribution < -0.4 is 10.1 Å². The van der Waals surface area contributed by atoms with E-state index < -0.39 is 24.5 Å². The number of hydrogen-bond acceptors (Lipinski definition) is 3. The van der Waals surface area contributed by atoms with E-state index in [1.807, 2.05) is 0 Å². The number of amides is 1. The Balaban J connectivity index is 1.71. The molecule has 28 heavy (non-hydrogen) atoms. The van der Waals surface area contributed by atoms with Gasteiger partial charge in [-0.3, -0.25) is 4.79 Å². The Kier molecular flexibility index (Phi) is 5.34. The zero-order valence-corrected chi connectivity index (χ0v) is 14.6. The molecule has 0 aliphatic rings. The number of ether oxygens (including phenoxy) is 1. The van der Waals surface area contributed by atoms with E-state index in [0.29, 0.717) is 11.4 Å². The summed E-state index contributed by atoms with van der Waals surface area (Å²) in [6, 6.07) is 11.5. The molecule has 2 aromatic carbocycles. The van der Waals surface area contributed by atoms with E-state index in [0.717, 1.165) is 0 Å². The smallest absolute Gasteiger partial charge is 0.422 e. The predicted molar refractivity (Wildman–Crippen MR) is 94.2 cm³/mol. The van der Waals surface area contributed by atoms with Crippen LogP contribution in [0, 0.1) is 12.7 Å². The number of anilines is 1. The van der Waals surface area contributed by atoms with Crippen molar-refractivity contribution in [1.82, 2.24) is 9.78 Å². The second kappa shape index (κ2) is 7.71. The van der Waals surface area contributed by atoms with Gasteiger partial charge in [-0.1, -0.05) is 12.1 Å². The lowest BCUT2D eigenvalue weighted by Gasteiger charge is -2.10. The first kappa shape index (κ1) is 19.4. The number of hydrogen-bond donors (Lipinski definition) is 1. The van der Waals surface area contributed by atoms with Crippen LogP contribution in [0.25, 0.3) is 5.69 Å². The lowest BCUT2D eigenvalue weighted by atomic mass is 10.2. The largest absolute Gasteiger partial charge is 0.484 e. The van der Waals surface area contributed by atoms with Gasteiger partial charge in [0.2, 0.25) is 0 Å². The van der Waals surface area contributed by atoms with Crippen molar-refractivity contribution >= 4 is 11.6 Å². The maximum atomic E-state index is 13.9. The summed E-state index contributed by atoms with van der Waals surface area (Å²) >= 11 is 0. The standard InChI is InChI=1S/C19H15F4N3O2/c1-12-15(10-24-26(12)17-5-3-2-4-16(17)20)18(27)25-13-6-8-14(9-7-13)28-11-19(21,22)23/h2-10H,11H2,1H3,(H,25,27). The predicted octanol–water partition coefficient (Wildman–Crippen LogP) is 4.51. The van der Waals surface area contributed by atoms with Gasteiger partial charge in [-0.05, 0) is 43.3 Å². The number of nitrogens with one attached hydrogen (secondary N) is 1. The molecular weight excluding hydrogens is 378 g/mol. The van der Waals surface area contributed by atoms with Crippen molar-refractivity contribution in [2.45, 2.75) is 13.1 Å². The average molecular weight is 393 g/mol. The molecule has 0 saturated carbocycles. The molecule has 5 nitrogen and oxygen atoms in total. The molecule has 0 spiro atoms. The van der Waals surface area contributed by atoms with E-state index in [-0.39, 0.29) is 17.0 Å². The van der Waals surface area contributed by atoms with Gasteiger partial charge in [0.1, 0.15) is 17.3 Å². The molecule has 1 heterocycles. The van der Waals surface area contributed by atoms with E-state index >= 15 is 0 Å². The molecule has 0 unspecified atom stereocenters. The van der Waals surface area contributed by atoms with E-state index in [9.17, 15) is 22.4 Å². The number of alkyl halides is 3. The molecule has 0 saturated heterocycles. The highest BCUT2D eigenvalue weighted by molar-refractivity contribution is 6.05. The molecule has 1 N–H and O–H groups in total. The van der Waals surface area contributed by atoms with Crippen LogP contribution in [0.3, 0.4) is 0 Å². The van der Waals surface area contributed by atoms with Gasteiger partial charge in [-0.2, -0.15) is 18.3 Å². The average Bonchev–Trinajstić information content (AvgIpc) is 3.02. The van der Waals surface area contributed by atoms with Gasteiger partial charge in [0.05, 0.1) is 17.5 Å². The highest BCUT2D eigenvalue weighted by atomic mass is 19.4. The highest BCUT2D eigenvalue weighted by Gasteiger charge is 2.28. The zero-order chi connectivity index (χ0) is 20.3. The number of aromatic nitrogens is 2. The van der Waals surface area contributed by atoms with Crippen LogP contribution in [0.4, 0.5) is 23.2 Å². The molecule has 0 aliphatic carbocycles. The van der Waals surface area contributed by atoms with Crippen LogP contribution in [0.15, 0.2) is 54.7 Å². The van der Waals surface area contributed by atoms with Crippen LogP contribution in [0.5, 0.6) is 5.75 Å². The van der Waals surface area contributed by atoms with Gasteiger partial charge < -0.3 is 10.1 Å². The Labute approximate surface area is 157 Å². The normalized spacial score (nSPS) is 11.3. The number of rotatable bonds is 5. The van der Waals surface area contributed by atoms with Gasteiger partial charge in [0, 0.05) is 5.69 Å². The molecule has 0 fully saturated rings. The molecule has 0 radical (unpaired) electrons. The third kappa shape index (κ3) is 4.48. The first-order chi connectivity index (χ1) is 13.2. The molecular formula is C19H15F4N3O2. The van der Waals surface area contributed by atoms with Crippen LogP contribution >= 0.6 is 0 Å². The molecule has 1 amide bonds. The van der Waals surface area contributed by atoms with Gasteiger partial charge in [0.25, 0.3) is 5.91 Å². The van der Waals surface area contributed by atoms with Crippen molar-refractivity contribution in [3.8, 4) is 11.4 Å². The van der Waals surface area contributed by atoms with Gasteiger partial charge in [-0.25, -0.2) is 9.07 Å². The molecule has 1 aromatic heterocycles. The Hall–Kier alpha value is -3.36. The van der Waals surface area contributed by atoms with Crippen molar-refractivity contribution < 1.29 is 27.1 Å². The lowest BCUT2D eigenvalue weighted by Crippen LogP contribution is -2.19. The first-order valence-corrected chi connectivity index (χ1v) is 8.15. The van der Waals surface area contributed by atoms with Gasteiger partial charge >= 0.3 is 6.18 Å². The number of para-hydroxylation sites is 1. The fourth-order valence-corrected chi connectivity index (χ4v) is 2.50. The third-order valence-electron chi connectivity index (χ3n) is 3.85. The summed E-state index contributed by atoms with van der Waals surface area (Å²) in [4.78, 5) is 12.5. The third-order valence-corrected chi connectivity index (χ3v) is 3.85. The minimum Gasteiger partial charge on any atom is -0.484 e. The Bertz CT molecular complexity index is 982. The second-order valence-electron chi connectivity index (χ2n) is 5.89. The minimum atomic E-state index is -4.43. The van der Waals surface area contributed by atoms with E-state index in [1.54, 1.807) is 19.1 Å². The molecule has 3 rings (SSSR count). The van der Waals surface area contributed by atoms with E-state index in [1.165, 1.54) is 47.3 Å². The van der Waals surface area contributed by atoms with Crippen LogP contribution in [0.2, 0.25) is 0 Å². The summed E-state index contributed by atoms with van der Waals surface area (Å²) < 4.78 is 56.3. The van der Waals surface area contributed by atoms with Crippen molar-refractivity contribution in [2.24, 2.45) is 0 Å². The van der Waals surface area contributed by atoms with Crippen LogP contribution in [0.1, 0.15) is 16.1 Å². The van der Waals surface area contributed by atoms with E-state index in [4.69, 9.17) is 0 Å². The fourth-order valence-electron chi connectivity index (χ4n) is 2.50. The van der Waals surface area contributed by atoms with Crippen molar-refractivity contribution in [2.75, 3.05) is 11.9 Å². The molecule has 0 aliphatic heterocycles. The summed E-state index contributed by atoms with van der Waals surface area (Å²) in [5.41, 5.74) is 1.25. The molecule has 146 valence electrons. The Morgan fingerprint density at radius 1 is 1.14 bits per heavy atom. The fraction of sp³-hybridized carbons (Fsp3) is 0.158. The quantitative estimate of drug-likeness (QED) is 0.649. The summed E-state index contributed by atoms with van der Waals surface area (Å²) in [5, 5.41) is 6.67. The summed E-state index contributed by atoms with van der Waals surface area (Å²) in [7, 11) is 0. The summed E-state index contributed by atoms with van der Waals surface area (Å²) in [6.07, 6.45) is -3.11. The molecule has 0 atom stereocenters. The zero-order valence-electron chi connectivity index (χ0n) is 14.6. The SMILES string of the molecule is Cc1c(C(=O)Nc2ccc(OCC(F)(F)F)cc2)cnn1-c1ccccc1F. The minimum absolute atomic E-state index is 0.0267. The van der Waals surface area contributed by atoms with Crippen LogP contribution in [-0.4, -0.2) is 28.5 Å². The Morgan fingerprint density at radius 2 is 1.82 bits per heavy atom. The van der Waals surface area contributed by atoms with Crippen molar-refractivity contribution in [3.63, 3.8) is 0 Å². The van der Waals surface area contributed by atoms with Crippen LogP contribution in [-0.2, 0) is 0 Å². The van der Waals surface area contributed by atoms with E-state index in [2.05, 4.69) is 15.2 Å². The van der Waals surface area contributed by atoms with Crippen molar-refractivity contribution in [3.05, 3.63) is 71.8 Å². The summed E-state index contributed by atoms with van der Waals surface area (Å²) in [5.74, 6) is -0.932. The maximum Gasteiger partial charge on any atom is 0.422 e. The summed E-state index contributed by atoms with van der Waals surface area (Å²) in [6.45, 7) is 0.232. The number of benzene rings is 2. The highest BCUT2D eigenvalue weighted by Crippen LogP contribution is 2.22. The maximum absolute atomic E-state index is 13.9. The first-order valence-electron chi connectivity index (χ1n) is 8.15. The molecule has 0 bridgehead atoms. The topological polar surface area (TPSA) is 56.1 Å².